The van der Waals surface area contributed by atoms with Crippen molar-refractivity contribution in [1.82, 2.24) is 0 Å². The second-order valence-corrected chi connectivity index (χ2v) is 6.42. The zero-order valence-electron chi connectivity index (χ0n) is 13.0. The molecule has 24 heavy (non-hydrogen) atoms. The van der Waals surface area contributed by atoms with E-state index < -0.39 is 73.8 Å². The van der Waals surface area contributed by atoms with Gasteiger partial charge in [0.15, 0.2) is 6.29 Å². The lowest BCUT2D eigenvalue weighted by Crippen LogP contribution is -2.68. The van der Waals surface area contributed by atoms with Crippen molar-refractivity contribution < 1.29 is 40.1 Å². The van der Waals surface area contributed by atoms with Gasteiger partial charge in [-0.05, 0) is 6.42 Å². The molecule has 0 aromatic rings. The summed E-state index contributed by atoms with van der Waals surface area (Å²) in [6.07, 6.45) is -10.7. The van der Waals surface area contributed by atoms with Gasteiger partial charge in [0.25, 0.3) is 0 Å². The first kappa shape index (κ1) is 19.9. The Morgan fingerprint density at radius 3 is 2.17 bits per heavy atom. The molecule has 0 aromatic carbocycles. The van der Waals surface area contributed by atoms with Crippen molar-refractivity contribution in [3.8, 4) is 0 Å². The van der Waals surface area contributed by atoms with Crippen LogP contribution < -0.4 is 17.2 Å². The molecule has 11 nitrogen and oxygen atoms in total. The van der Waals surface area contributed by atoms with Crippen LogP contribution in [0.1, 0.15) is 6.42 Å². The summed E-state index contributed by atoms with van der Waals surface area (Å²) in [7, 11) is 0. The SMILES string of the molecule is N[C@H]1[C@@H](O[C@H]2[C@H](O)[C@@H](O)[C@H](N)C[C@@H]2N)O[C@H](C(O)CO)[C@@H](O)[C@@H]1O. The van der Waals surface area contributed by atoms with Gasteiger partial charge in [-0.1, -0.05) is 0 Å². The predicted octanol–water partition coefficient (Wildman–Crippen LogP) is -5.72. The van der Waals surface area contributed by atoms with E-state index >= 15 is 0 Å². The van der Waals surface area contributed by atoms with Crippen molar-refractivity contribution in [2.24, 2.45) is 17.2 Å². The van der Waals surface area contributed by atoms with Gasteiger partial charge in [0.1, 0.15) is 36.6 Å². The molecule has 1 aliphatic carbocycles. The summed E-state index contributed by atoms with van der Waals surface area (Å²) in [4.78, 5) is 0. The lowest BCUT2D eigenvalue weighted by atomic mass is 9.84. The minimum atomic E-state index is -1.54. The number of hydrogen-bond donors (Lipinski definition) is 9. The van der Waals surface area contributed by atoms with Crippen molar-refractivity contribution in [2.45, 2.75) is 73.6 Å². The van der Waals surface area contributed by atoms with Crippen LogP contribution in [0, 0.1) is 0 Å². The van der Waals surface area contributed by atoms with Crippen molar-refractivity contribution in [1.29, 1.82) is 0 Å². The molecule has 12 N–H and O–H groups in total. The standard InChI is InChI=1S/C13H27N3O8/c14-3-1-4(15)11(9(21)7(3)19)23-13-6(16)8(20)10(22)12(24-13)5(18)2-17/h3-13,17-22H,1-2,14-16H2/t3-,4+,5?,6-,7+,8-,9-,10+,11-,12-,13+/m1/s1. The van der Waals surface area contributed by atoms with Crippen LogP contribution in [0.15, 0.2) is 0 Å². The molecule has 2 fully saturated rings. The Bertz CT molecular complexity index is 419. The molecule has 0 spiro atoms. The highest BCUT2D eigenvalue weighted by Gasteiger charge is 2.49. The van der Waals surface area contributed by atoms with Gasteiger partial charge in [0.2, 0.25) is 0 Å². The van der Waals surface area contributed by atoms with Gasteiger partial charge in [-0.15, -0.1) is 0 Å². The molecule has 1 saturated heterocycles. The number of nitrogens with two attached hydrogens (primary N) is 3. The Morgan fingerprint density at radius 1 is 0.958 bits per heavy atom. The van der Waals surface area contributed by atoms with Crippen LogP contribution in [0.25, 0.3) is 0 Å². The molecule has 0 radical (unpaired) electrons. The molecule has 142 valence electrons. The van der Waals surface area contributed by atoms with E-state index in [2.05, 4.69) is 0 Å². The zero-order chi connectivity index (χ0) is 18.2. The Kier molecular flexibility index (Phi) is 6.50. The predicted molar refractivity (Wildman–Crippen MR) is 79.2 cm³/mol. The van der Waals surface area contributed by atoms with Crippen LogP contribution in [0.5, 0.6) is 0 Å². The van der Waals surface area contributed by atoms with Gasteiger partial charge in [-0.25, -0.2) is 0 Å². The number of rotatable bonds is 4. The van der Waals surface area contributed by atoms with Crippen molar-refractivity contribution in [2.75, 3.05) is 6.61 Å². The highest BCUT2D eigenvalue weighted by Crippen LogP contribution is 2.28. The van der Waals surface area contributed by atoms with Crippen LogP contribution in [0.4, 0.5) is 0 Å². The van der Waals surface area contributed by atoms with Gasteiger partial charge < -0.3 is 57.3 Å². The van der Waals surface area contributed by atoms with Crippen LogP contribution in [-0.2, 0) is 9.47 Å². The summed E-state index contributed by atoms with van der Waals surface area (Å²) in [5.41, 5.74) is 17.3. The first-order chi connectivity index (χ1) is 11.2. The molecule has 11 heteroatoms. The molecule has 0 aromatic heterocycles. The smallest absolute Gasteiger partial charge is 0.176 e. The fourth-order valence-corrected chi connectivity index (χ4v) is 3.08. The Morgan fingerprint density at radius 2 is 1.58 bits per heavy atom. The van der Waals surface area contributed by atoms with Crippen molar-refractivity contribution >= 4 is 0 Å². The summed E-state index contributed by atoms with van der Waals surface area (Å²) in [6.45, 7) is -0.713. The summed E-state index contributed by atoms with van der Waals surface area (Å²) in [5, 5.41) is 58.6. The number of aliphatic hydroxyl groups is 6. The van der Waals surface area contributed by atoms with E-state index in [0.29, 0.717) is 0 Å². The minimum absolute atomic E-state index is 0.179. The molecular formula is C13H27N3O8. The van der Waals surface area contributed by atoms with Gasteiger partial charge in [0, 0.05) is 12.1 Å². The third kappa shape index (κ3) is 3.71. The normalized spacial score (nSPS) is 51.4. The zero-order valence-corrected chi connectivity index (χ0v) is 13.0. The maximum atomic E-state index is 10.1. The monoisotopic (exact) mass is 353 g/mol. The molecule has 11 atom stereocenters. The average Bonchev–Trinajstić information content (AvgIpc) is 2.55. The fourth-order valence-electron chi connectivity index (χ4n) is 3.08. The Labute approximate surface area is 138 Å². The number of ether oxygens (including phenoxy) is 2. The highest BCUT2D eigenvalue weighted by molar-refractivity contribution is 5.00. The number of hydrogen-bond acceptors (Lipinski definition) is 11. The fraction of sp³-hybridized carbons (Fsp3) is 1.00. The van der Waals surface area contributed by atoms with Gasteiger partial charge in [0.05, 0.1) is 18.8 Å². The first-order valence-electron chi connectivity index (χ1n) is 7.77. The van der Waals surface area contributed by atoms with Crippen molar-refractivity contribution in [3.63, 3.8) is 0 Å². The molecule has 0 bridgehead atoms. The topological polar surface area (TPSA) is 218 Å². The molecule has 2 aliphatic rings. The first-order valence-corrected chi connectivity index (χ1v) is 7.77. The summed E-state index contributed by atoms with van der Waals surface area (Å²) in [5.74, 6) is 0. The molecule has 1 aliphatic heterocycles. The summed E-state index contributed by atoms with van der Waals surface area (Å²) >= 11 is 0. The maximum absolute atomic E-state index is 10.1. The highest BCUT2D eigenvalue weighted by atomic mass is 16.7. The van der Waals surface area contributed by atoms with Gasteiger partial charge in [-0.2, -0.15) is 0 Å². The van der Waals surface area contributed by atoms with Crippen LogP contribution in [0.3, 0.4) is 0 Å². The molecule has 1 heterocycles. The molecule has 1 saturated carbocycles. The molecular weight excluding hydrogens is 326 g/mol. The molecule has 2 rings (SSSR count). The van der Waals surface area contributed by atoms with E-state index in [0.717, 1.165) is 0 Å². The van der Waals surface area contributed by atoms with Gasteiger partial charge in [-0.3, -0.25) is 0 Å². The van der Waals surface area contributed by atoms with Crippen LogP contribution >= 0.6 is 0 Å². The third-order valence-corrected chi connectivity index (χ3v) is 4.64. The van der Waals surface area contributed by atoms with E-state index in [1.54, 1.807) is 0 Å². The van der Waals surface area contributed by atoms with E-state index in [9.17, 15) is 25.5 Å². The minimum Gasteiger partial charge on any atom is -0.394 e. The molecule has 1 unspecified atom stereocenters. The Hall–Kier alpha value is -0.440. The van der Waals surface area contributed by atoms with Gasteiger partial charge >= 0.3 is 0 Å². The quantitative estimate of drug-likeness (QED) is 0.232. The number of aliphatic hydroxyl groups excluding tert-OH is 6. The van der Waals surface area contributed by atoms with Crippen LogP contribution in [-0.4, -0.2) is 104 Å². The maximum Gasteiger partial charge on any atom is 0.176 e. The largest absolute Gasteiger partial charge is 0.394 e. The van der Waals surface area contributed by atoms with E-state index in [1.807, 2.05) is 0 Å². The average molecular weight is 353 g/mol. The van der Waals surface area contributed by atoms with Crippen molar-refractivity contribution in [3.05, 3.63) is 0 Å². The summed E-state index contributed by atoms with van der Waals surface area (Å²) in [6, 6.07) is -2.64. The lowest BCUT2D eigenvalue weighted by Gasteiger charge is -2.46. The van der Waals surface area contributed by atoms with E-state index in [-0.39, 0.29) is 6.42 Å². The Balaban J connectivity index is 2.12. The van der Waals surface area contributed by atoms with E-state index in [4.69, 9.17) is 31.8 Å². The lowest BCUT2D eigenvalue weighted by molar-refractivity contribution is -0.303. The van der Waals surface area contributed by atoms with E-state index in [1.165, 1.54) is 0 Å². The summed E-state index contributed by atoms with van der Waals surface area (Å²) < 4.78 is 10.9. The van der Waals surface area contributed by atoms with Crippen LogP contribution in [0.2, 0.25) is 0 Å². The second kappa shape index (κ2) is 7.85. The third-order valence-electron chi connectivity index (χ3n) is 4.64. The molecule has 0 amide bonds. The second-order valence-electron chi connectivity index (χ2n) is 6.42.